The molecule has 0 atom stereocenters. The van der Waals surface area contributed by atoms with Crippen LogP contribution in [-0.4, -0.2) is 50.3 Å². The van der Waals surface area contributed by atoms with E-state index in [9.17, 15) is 0 Å². The Kier molecular flexibility index (Phi) is 4.44. The van der Waals surface area contributed by atoms with E-state index in [1.807, 2.05) is 6.07 Å². The van der Waals surface area contributed by atoms with E-state index in [1.54, 1.807) is 11.1 Å². The molecule has 0 amide bonds. The molecule has 3 aliphatic rings. The van der Waals surface area contributed by atoms with Crippen molar-refractivity contribution in [3.63, 3.8) is 0 Å². The summed E-state index contributed by atoms with van der Waals surface area (Å²) in [6.07, 6.45) is 4.80. The SMILES string of the molecule is CN(C1CCN(c2cccc3c2OCCO3)CC1)C1Cc2ccccc2C1. The number of rotatable bonds is 3. The summed E-state index contributed by atoms with van der Waals surface area (Å²) < 4.78 is 11.7. The van der Waals surface area contributed by atoms with Gasteiger partial charge in [0.2, 0.25) is 0 Å². The van der Waals surface area contributed by atoms with E-state index in [2.05, 4.69) is 53.2 Å². The normalized spacial score (nSPS) is 20.1. The van der Waals surface area contributed by atoms with Gasteiger partial charge in [-0.1, -0.05) is 30.3 Å². The standard InChI is InChI=1S/C23H28N2O2/c1-24(20-15-17-5-2-3-6-18(17)16-20)19-9-11-25(12-10-19)21-7-4-8-22-23(21)27-14-13-26-22/h2-8,19-20H,9-16H2,1H3. The average molecular weight is 364 g/mol. The quantitative estimate of drug-likeness (QED) is 0.832. The topological polar surface area (TPSA) is 24.9 Å². The van der Waals surface area contributed by atoms with Gasteiger partial charge in [0.1, 0.15) is 13.2 Å². The molecule has 4 heteroatoms. The van der Waals surface area contributed by atoms with Crippen LogP contribution in [0.25, 0.3) is 0 Å². The Morgan fingerprint density at radius 3 is 2.30 bits per heavy atom. The molecule has 2 aliphatic heterocycles. The van der Waals surface area contributed by atoms with Gasteiger partial charge in [0.15, 0.2) is 11.5 Å². The van der Waals surface area contributed by atoms with Crippen LogP contribution in [0.4, 0.5) is 5.69 Å². The molecule has 0 aromatic heterocycles. The maximum Gasteiger partial charge on any atom is 0.184 e. The Morgan fingerprint density at radius 2 is 1.56 bits per heavy atom. The van der Waals surface area contributed by atoms with Crippen LogP contribution in [0, 0.1) is 0 Å². The second kappa shape index (κ2) is 7.08. The lowest BCUT2D eigenvalue weighted by atomic mass is 10.00. The molecule has 0 bridgehead atoms. The van der Waals surface area contributed by atoms with E-state index >= 15 is 0 Å². The molecular formula is C23H28N2O2. The first kappa shape index (κ1) is 16.9. The van der Waals surface area contributed by atoms with Gasteiger partial charge < -0.3 is 14.4 Å². The van der Waals surface area contributed by atoms with Gasteiger partial charge in [-0.2, -0.15) is 0 Å². The molecular weight excluding hydrogens is 336 g/mol. The van der Waals surface area contributed by atoms with E-state index in [-0.39, 0.29) is 0 Å². The molecule has 1 saturated heterocycles. The first-order valence-electron chi connectivity index (χ1n) is 10.2. The maximum absolute atomic E-state index is 5.92. The maximum atomic E-state index is 5.92. The summed E-state index contributed by atoms with van der Waals surface area (Å²) in [5, 5.41) is 0. The monoisotopic (exact) mass is 364 g/mol. The van der Waals surface area contributed by atoms with Crippen LogP contribution >= 0.6 is 0 Å². The smallest absolute Gasteiger partial charge is 0.184 e. The van der Waals surface area contributed by atoms with E-state index in [4.69, 9.17) is 9.47 Å². The number of benzene rings is 2. The van der Waals surface area contributed by atoms with E-state index in [1.165, 1.54) is 31.4 Å². The van der Waals surface area contributed by atoms with Gasteiger partial charge in [0, 0.05) is 25.2 Å². The average Bonchev–Trinajstić information content (AvgIpc) is 3.17. The largest absolute Gasteiger partial charge is 0.486 e. The Labute approximate surface area is 161 Å². The van der Waals surface area contributed by atoms with Crippen LogP contribution in [0.5, 0.6) is 11.5 Å². The number of piperidine rings is 1. The number of hydrogen-bond acceptors (Lipinski definition) is 4. The number of para-hydroxylation sites is 1. The highest BCUT2D eigenvalue weighted by Gasteiger charge is 2.31. The summed E-state index contributed by atoms with van der Waals surface area (Å²) in [6, 6.07) is 16.5. The number of nitrogens with zero attached hydrogens (tertiary/aromatic N) is 2. The molecule has 1 aliphatic carbocycles. The van der Waals surface area contributed by atoms with Crippen molar-refractivity contribution in [2.24, 2.45) is 0 Å². The molecule has 2 heterocycles. The third kappa shape index (κ3) is 3.16. The van der Waals surface area contributed by atoms with Gasteiger partial charge in [0.25, 0.3) is 0 Å². The minimum Gasteiger partial charge on any atom is -0.486 e. The molecule has 0 spiro atoms. The highest BCUT2D eigenvalue weighted by atomic mass is 16.6. The second-order valence-corrected chi connectivity index (χ2v) is 8.02. The minimum atomic E-state index is 0.644. The molecule has 1 fully saturated rings. The number of likely N-dealkylation sites (N-methyl/N-ethyl adjacent to an activating group) is 1. The van der Waals surface area contributed by atoms with Crippen LogP contribution < -0.4 is 14.4 Å². The zero-order valence-electron chi connectivity index (χ0n) is 16.1. The lowest BCUT2D eigenvalue weighted by Crippen LogP contribution is -2.47. The van der Waals surface area contributed by atoms with Crippen molar-refractivity contribution in [2.45, 2.75) is 37.8 Å². The van der Waals surface area contributed by atoms with Crippen LogP contribution in [0.2, 0.25) is 0 Å². The molecule has 5 rings (SSSR count). The zero-order chi connectivity index (χ0) is 18.2. The van der Waals surface area contributed by atoms with Gasteiger partial charge in [-0.15, -0.1) is 0 Å². The van der Waals surface area contributed by atoms with Gasteiger partial charge in [-0.05, 0) is 56.0 Å². The van der Waals surface area contributed by atoms with Crippen LogP contribution in [0.1, 0.15) is 24.0 Å². The number of fused-ring (bicyclic) bond motifs is 2. The second-order valence-electron chi connectivity index (χ2n) is 8.02. The predicted molar refractivity (Wildman–Crippen MR) is 108 cm³/mol. The molecule has 142 valence electrons. The first-order chi connectivity index (χ1) is 13.3. The van der Waals surface area contributed by atoms with Gasteiger partial charge >= 0.3 is 0 Å². The van der Waals surface area contributed by atoms with Gasteiger partial charge in [-0.25, -0.2) is 0 Å². The molecule has 0 N–H and O–H groups in total. The van der Waals surface area contributed by atoms with E-state index in [0.717, 1.165) is 24.6 Å². The molecule has 0 unspecified atom stereocenters. The molecule has 0 saturated carbocycles. The molecule has 27 heavy (non-hydrogen) atoms. The number of hydrogen-bond donors (Lipinski definition) is 0. The third-order valence-corrected chi connectivity index (χ3v) is 6.53. The zero-order valence-corrected chi connectivity index (χ0v) is 16.1. The summed E-state index contributed by atoms with van der Waals surface area (Å²) in [4.78, 5) is 5.12. The van der Waals surface area contributed by atoms with Crippen molar-refractivity contribution < 1.29 is 9.47 Å². The lowest BCUT2D eigenvalue weighted by Gasteiger charge is -2.40. The van der Waals surface area contributed by atoms with Crippen molar-refractivity contribution in [3.8, 4) is 11.5 Å². The fourth-order valence-corrected chi connectivity index (χ4v) is 4.94. The Bertz CT molecular complexity index is 789. The lowest BCUT2D eigenvalue weighted by molar-refractivity contribution is 0.151. The number of ether oxygens (including phenoxy) is 2. The summed E-state index contributed by atoms with van der Waals surface area (Å²) in [6.45, 7) is 3.45. The van der Waals surface area contributed by atoms with E-state index < -0.39 is 0 Å². The Hall–Kier alpha value is -2.20. The molecule has 2 aromatic rings. The fourth-order valence-electron chi connectivity index (χ4n) is 4.94. The first-order valence-corrected chi connectivity index (χ1v) is 10.2. The van der Waals surface area contributed by atoms with Gasteiger partial charge in [-0.3, -0.25) is 4.90 Å². The highest BCUT2D eigenvalue weighted by Crippen LogP contribution is 2.40. The summed E-state index contributed by atoms with van der Waals surface area (Å²) in [5.74, 6) is 1.82. The predicted octanol–water partition coefficient (Wildman–Crippen LogP) is 3.53. The summed E-state index contributed by atoms with van der Waals surface area (Å²) in [7, 11) is 2.33. The van der Waals surface area contributed by atoms with Crippen LogP contribution in [0.15, 0.2) is 42.5 Å². The minimum absolute atomic E-state index is 0.644. The van der Waals surface area contributed by atoms with Crippen LogP contribution in [-0.2, 0) is 12.8 Å². The molecule has 0 radical (unpaired) electrons. The Morgan fingerprint density at radius 1 is 0.852 bits per heavy atom. The van der Waals surface area contributed by atoms with Gasteiger partial charge in [0.05, 0.1) is 5.69 Å². The fraction of sp³-hybridized carbons (Fsp3) is 0.478. The molecule has 2 aromatic carbocycles. The van der Waals surface area contributed by atoms with Crippen molar-refractivity contribution in [1.82, 2.24) is 4.90 Å². The number of anilines is 1. The highest BCUT2D eigenvalue weighted by molar-refractivity contribution is 5.65. The van der Waals surface area contributed by atoms with Crippen molar-refractivity contribution >= 4 is 5.69 Å². The Balaban J connectivity index is 1.24. The third-order valence-electron chi connectivity index (χ3n) is 6.53. The van der Waals surface area contributed by atoms with E-state index in [0.29, 0.717) is 25.3 Å². The summed E-state index contributed by atoms with van der Waals surface area (Å²) >= 11 is 0. The van der Waals surface area contributed by atoms with Crippen molar-refractivity contribution in [1.29, 1.82) is 0 Å². The summed E-state index contributed by atoms with van der Waals surface area (Å²) in [5.41, 5.74) is 4.28. The van der Waals surface area contributed by atoms with Crippen LogP contribution in [0.3, 0.4) is 0 Å². The van der Waals surface area contributed by atoms with Crippen molar-refractivity contribution in [3.05, 3.63) is 53.6 Å². The molecule has 4 nitrogen and oxygen atoms in total. The van der Waals surface area contributed by atoms with Crippen molar-refractivity contribution in [2.75, 3.05) is 38.3 Å².